The van der Waals surface area contributed by atoms with E-state index in [1.54, 1.807) is 0 Å². The number of nitrogens with zero attached hydrogens (tertiary/aromatic N) is 2. The second-order valence-electron chi connectivity index (χ2n) is 8.45. The lowest BCUT2D eigenvalue weighted by atomic mass is 10.0. The van der Waals surface area contributed by atoms with Crippen LogP contribution < -0.4 is 4.90 Å². The van der Waals surface area contributed by atoms with Gasteiger partial charge in [-0.3, -0.25) is 4.79 Å². The summed E-state index contributed by atoms with van der Waals surface area (Å²) in [5.74, 6) is -0.0733. The maximum atomic E-state index is 10.9. The highest BCUT2D eigenvalue weighted by Crippen LogP contribution is 2.34. The average molecular weight is 475 g/mol. The van der Waals surface area contributed by atoms with Gasteiger partial charge in [0.15, 0.2) is 5.76 Å². The SMILES string of the molecule is Cc1noc(-c2ccc(-c3ccc(CC(=O)O)cc3)cc2)c1N(C)CCCc1cccc(Cl)c1. The largest absolute Gasteiger partial charge is 0.481 e. The number of carboxylic acid groups (broad SMARTS) is 1. The molecule has 0 fully saturated rings. The lowest BCUT2D eigenvalue weighted by Gasteiger charge is -2.19. The van der Waals surface area contributed by atoms with Crippen molar-refractivity contribution in [1.29, 1.82) is 0 Å². The Kier molecular flexibility index (Phi) is 7.33. The third-order valence-corrected chi connectivity index (χ3v) is 6.09. The van der Waals surface area contributed by atoms with Crippen molar-refractivity contribution >= 4 is 23.3 Å². The Morgan fingerprint density at radius 1 is 0.971 bits per heavy atom. The first-order chi connectivity index (χ1) is 16.4. The van der Waals surface area contributed by atoms with Crippen molar-refractivity contribution in [2.45, 2.75) is 26.2 Å². The average Bonchev–Trinajstić information content (AvgIpc) is 3.21. The second-order valence-corrected chi connectivity index (χ2v) is 8.88. The first-order valence-corrected chi connectivity index (χ1v) is 11.6. The Morgan fingerprint density at radius 2 is 1.62 bits per heavy atom. The van der Waals surface area contributed by atoms with Gasteiger partial charge in [0.2, 0.25) is 0 Å². The molecule has 0 aliphatic carbocycles. The van der Waals surface area contributed by atoms with Crippen molar-refractivity contribution < 1.29 is 14.4 Å². The molecule has 1 heterocycles. The van der Waals surface area contributed by atoms with Gasteiger partial charge in [0.25, 0.3) is 0 Å². The van der Waals surface area contributed by atoms with E-state index in [1.165, 1.54) is 5.56 Å². The van der Waals surface area contributed by atoms with E-state index < -0.39 is 5.97 Å². The Balaban J connectivity index is 1.46. The fourth-order valence-electron chi connectivity index (χ4n) is 4.13. The molecule has 0 saturated heterocycles. The first kappa shape index (κ1) is 23.6. The number of rotatable bonds is 9. The summed E-state index contributed by atoms with van der Waals surface area (Å²) >= 11 is 6.10. The van der Waals surface area contributed by atoms with Crippen LogP contribution in [0.1, 0.15) is 23.2 Å². The van der Waals surface area contributed by atoms with E-state index in [9.17, 15) is 4.79 Å². The van der Waals surface area contributed by atoms with E-state index in [2.05, 4.69) is 23.2 Å². The number of halogens is 1. The van der Waals surface area contributed by atoms with Gasteiger partial charge in [-0.15, -0.1) is 0 Å². The second kappa shape index (κ2) is 10.6. The molecule has 4 rings (SSSR count). The molecule has 6 heteroatoms. The third-order valence-electron chi connectivity index (χ3n) is 5.85. The molecule has 0 radical (unpaired) electrons. The lowest BCUT2D eigenvalue weighted by molar-refractivity contribution is -0.136. The number of aliphatic carboxylic acids is 1. The number of hydrogen-bond acceptors (Lipinski definition) is 4. The Hall–Kier alpha value is -3.57. The summed E-state index contributed by atoms with van der Waals surface area (Å²) in [6.45, 7) is 2.82. The molecular weight excluding hydrogens is 448 g/mol. The van der Waals surface area contributed by atoms with Crippen LogP contribution in [0.25, 0.3) is 22.5 Å². The molecule has 1 N–H and O–H groups in total. The first-order valence-electron chi connectivity index (χ1n) is 11.2. The Labute approximate surface area is 204 Å². The van der Waals surface area contributed by atoms with Crippen molar-refractivity contribution in [2.24, 2.45) is 0 Å². The molecule has 0 aliphatic heterocycles. The van der Waals surface area contributed by atoms with Crippen LogP contribution in [-0.2, 0) is 17.6 Å². The molecule has 4 aromatic rings. The number of hydrogen-bond donors (Lipinski definition) is 1. The molecule has 3 aromatic carbocycles. The van der Waals surface area contributed by atoms with Crippen LogP contribution in [0.5, 0.6) is 0 Å². The minimum absolute atomic E-state index is 0.0272. The van der Waals surface area contributed by atoms with Crippen molar-refractivity contribution in [3.8, 4) is 22.5 Å². The molecular formula is C28H27ClN2O3. The minimum atomic E-state index is -0.829. The van der Waals surface area contributed by atoms with Gasteiger partial charge in [0, 0.05) is 24.2 Å². The van der Waals surface area contributed by atoms with Crippen LogP contribution in [0.3, 0.4) is 0 Å². The normalized spacial score (nSPS) is 10.9. The van der Waals surface area contributed by atoms with Gasteiger partial charge in [-0.25, -0.2) is 0 Å². The quantitative estimate of drug-likeness (QED) is 0.293. The van der Waals surface area contributed by atoms with Gasteiger partial charge < -0.3 is 14.5 Å². The number of anilines is 1. The zero-order chi connectivity index (χ0) is 24.1. The van der Waals surface area contributed by atoms with Gasteiger partial charge in [-0.1, -0.05) is 77.4 Å². The minimum Gasteiger partial charge on any atom is -0.481 e. The van der Waals surface area contributed by atoms with Crippen molar-refractivity contribution in [3.05, 3.63) is 94.6 Å². The predicted molar refractivity (Wildman–Crippen MR) is 136 cm³/mol. The topological polar surface area (TPSA) is 66.6 Å². The monoisotopic (exact) mass is 474 g/mol. The van der Waals surface area contributed by atoms with Gasteiger partial charge in [-0.2, -0.15) is 0 Å². The fourth-order valence-corrected chi connectivity index (χ4v) is 4.35. The van der Waals surface area contributed by atoms with Crippen LogP contribution in [0.2, 0.25) is 5.02 Å². The van der Waals surface area contributed by atoms with Crippen molar-refractivity contribution in [2.75, 3.05) is 18.5 Å². The van der Waals surface area contributed by atoms with E-state index in [0.717, 1.165) is 63.8 Å². The summed E-state index contributed by atoms with van der Waals surface area (Å²) < 4.78 is 5.72. The molecule has 0 aliphatic rings. The van der Waals surface area contributed by atoms with Crippen molar-refractivity contribution in [1.82, 2.24) is 5.16 Å². The van der Waals surface area contributed by atoms with Crippen LogP contribution in [0, 0.1) is 6.92 Å². The van der Waals surface area contributed by atoms with Crippen LogP contribution in [0.4, 0.5) is 5.69 Å². The maximum Gasteiger partial charge on any atom is 0.307 e. The van der Waals surface area contributed by atoms with Gasteiger partial charge in [0.05, 0.1) is 6.42 Å². The molecule has 0 spiro atoms. The number of carbonyl (C=O) groups is 1. The fraction of sp³-hybridized carbons (Fsp3) is 0.214. The standard InChI is InChI=1S/C28H27ClN2O3/c1-19-27(31(2)16-4-6-20-5-3-7-25(29)17-20)28(34-30-19)24-14-12-23(13-15-24)22-10-8-21(9-11-22)18-26(32)33/h3,5,7-15,17H,4,6,16,18H2,1-2H3,(H,32,33). The predicted octanol–water partition coefficient (Wildman–Crippen LogP) is 6.67. The van der Waals surface area contributed by atoms with E-state index in [1.807, 2.05) is 73.7 Å². The number of aryl methyl sites for hydroxylation is 2. The highest BCUT2D eigenvalue weighted by atomic mass is 35.5. The number of benzene rings is 3. The maximum absolute atomic E-state index is 10.9. The van der Waals surface area contributed by atoms with E-state index >= 15 is 0 Å². The zero-order valence-electron chi connectivity index (χ0n) is 19.3. The van der Waals surface area contributed by atoms with Gasteiger partial charge in [0.1, 0.15) is 11.4 Å². The molecule has 5 nitrogen and oxygen atoms in total. The molecule has 0 unspecified atom stereocenters. The summed E-state index contributed by atoms with van der Waals surface area (Å²) in [5, 5.41) is 13.9. The van der Waals surface area contributed by atoms with Gasteiger partial charge in [-0.05, 0) is 54.2 Å². The highest BCUT2D eigenvalue weighted by molar-refractivity contribution is 6.30. The smallest absolute Gasteiger partial charge is 0.307 e. The summed E-state index contributed by atoms with van der Waals surface area (Å²) in [6, 6.07) is 23.7. The number of carboxylic acids is 1. The van der Waals surface area contributed by atoms with E-state index in [0.29, 0.717) is 0 Å². The molecule has 0 saturated carbocycles. The summed E-state index contributed by atoms with van der Waals surface area (Å²) in [6.07, 6.45) is 1.96. The van der Waals surface area contributed by atoms with Gasteiger partial charge >= 0.3 is 5.97 Å². The van der Waals surface area contributed by atoms with E-state index in [-0.39, 0.29) is 6.42 Å². The molecule has 34 heavy (non-hydrogen) atoms. The molecule has 1 aromatic heterocycles. The Bertz CT molecular complexity index is 1260. The number of aromatic nitrogens is 1. The van der Waals surface area contributed by atoms with Crippen molar-refractivity contribution in [3.63, 3.8) is 0 Å². The van der Waals surface area contributed by atoms with Crippen LogP contribution in [-0.4, -0.2) is 29.8 Å². The molecule has 0 bridgehead atoms. The lowest BCUT2D eigenvalue weighted by Crippen LogP contribution is -2.20. The summed E-state index contributed by atoms with van der Waals surface area (Å²) in [4.78, 5) is 13.1. The molecule has 0 amide bonds. The Morgan fingerprint density at radius 3 is 2.26 bits per heavy atom. The van der Waals surface area contributed by atoms with E-state index in [4.69, 9.17) is 21.2 Å². The highest BCUT2D eigenvalue weighted by Gasteiger charge is 2.18. The third kappa shape index (κ3) is 5.67. The summed E-state index contributed by atoms with van der Waals surface area (Å²) in [7, 11) is 2.06. The zero-order valence-corrected chi connectivity index (χ0v) is 20.0. The molecule has 174 valence electrons. The molecule has 0 atom stereocenters. The van der Waals surface area contributed by atoms with Crippen LogP contribution >= 0.6 is 11.6 Å². The van der Waals surface area contributed by atoms with Crippen LogP contribution in [0.15, 0.2) is 77.3 Å². The summed E-state index contributed by atoms with van der Waals surface area (Å²) in [5.41, 5.74) is 6.92.